The summed E-state index contributed by atoms with van der Waals surface area (Å²) in [6.07, 6.45) is 10.1. The molecule has 2 heterocycles. The van der Waals surface area contributed by atoms with E-state index in [0.29, 0.717) is 12.2 Å². The zero-order valence-electron chi connectivity index (χ0n) is 21.9. The minimum atomic E-state index is -0.875. The van der Waals surface area contributed by atoms with Gasteiger partial charge in [-0.2, -0.15) is 0 Å². The number of rotatable bonds is 13. The SMILES string of the molecule is CCCCCCCOc1ccc(-c2cnc(-c3ccc(CC(N)C(=O)N4CC(C(=O)O)C4)cc3)nc2)cc1. The molecule has 1 fully saturated rings. The second kappa shape index (κ2) is 13.1. The molecule has 1 aliphatic rings. The van der Waals surface area contributed by atoms with Gasteiger partial charge in [0.1, 0.15) is 5.75 Å². The highest BCUT2D eigenvalue weighted by Gasteiger charge is 2.37. The quantitative estimate of drug-likeness (QED) is 0.319. The lowest BCUT2D eigenvalue weighted by atomic mass is 9.97. The Morgan fingerprint density at radius 2 is 1.58 bits per heavy atom. The van der Waals surface area contributed by atoms with Gasteiger partial charge in [0.05, 0.1) is 18.6 Å². The summed E-state index contributed by atoms with van der Waals surface area (Å²) in [4.78, 5) is 33.9. The summed E-state index contributed by atoms with van der Waals surface area (Å²) < 4.78 is 5.85. The van der Waals surface area contributed by atoms with Crippen LogP contribution < -0.4 is 10.5 Å². The van der Waals surface area contributed by atoms with Crippen LogP contribution in [0.15, 0.2) is 60.9 Å². The lowest BCUT2D eigenvalue weighted by molar-refractivity contribution is -0.153. The number of aromatic nitrogens is 2. The summed E-state index contributed by atoms with van der Waals surface area (Å²) >= 11 is 0. The Kier molecular flexibility index (Phi) is 9.43. The molecule has 3 aromatic rings. The summed E-state index contributed by atoms with van der Waals surface area (Å²) in [5, 5.41) is 8.98. The third-order valence-electron chi connectivity index (χ3n) is 6.88. The maximum absolute atomic E-state index is 12.4. The van der Waals surface area contributed by atoms with Gasteiger partial charge >= 0.3 is 5.97 Å². The van der Waals surface area contributed by atoms with E-state index in [9.17, 15) is 9.59 Å². The van der Waals surface area contributed by atoms with Crippen LogP contribution in [0, 0.1) is 5.92 Å². The number of unbranched alkanes of at least 4 members (excludes halogenated alkanes) is 4. The first-order valence-corrected chi connectivity index (χ1v) is 13.4. The van der Waals surface area contributed by atoms with E-state index in [-0.39, 0.29) is 19.0 Å². The molecule has 0 spiro atoms. The second-order valence-electron chi connectivity index (χ2n) is 9.87. The van der Waals surface area contributed by atoms with Gasteiger partial charge in [-0.3, -0.25) is 9.59 Å². The number of likely N-dealkylation sites (tertiary alicyclic amines) is 1. The Balaban J connectivity index is 1.27. The Bertz CT molecular complexity index is 1190. The Morgan fingerprint density at radius 3 is 2.21 bits per heavy atom. The number of nitrogens with zero attached hydrogens (tertiary/aromatic N) is 3. The van der Waals surface area contributed by atoms with Crippen LogP contribution in [-0.2, 0) is 16.0 Å². The first-order chi connectivity index (χ1) is 18.4. The normalized spacial score (nSPS) is 14.1. The number of amides is 1. The molecule has 1 atom stereocenters. The van der Waals surface area contributed by atoms with Gasteiger partial charge in [0, 0.05) is 36.6 Å². The van der Waals surface area contributed by atoms with Crippen molar-refractivity contribution in [3.8, 4) is 28.3 Å². The predicted molar refractivity (Wildman–Crippen MR) is 147 cm³/mol. The highest BCUT2D eigenvalue weighted by atomic mass is 16.5. The van der Waals surface area contributed by atoms with Crippen LogP contribution in [0.3, 0.4) is 0 Å². The molecule has 1 unspecified atom stereocenters. The van der Waals surface area contributed by atoms with Crippen LogP contribution in [0.2, 0.25) is 0 Å². The van der Waals surface area contributed by atoms with Crippen molar-refractivity contribution in [2.24, 2.45) is 11.7 Å². The smallest absolute Gasteiger partial charge is 0.310 e. The molecule has 4 rings (SSSR count). The lowest BCUT2D eigenvalue weighted by Crippen LogP contribution is -2.57. The molecule has 38 heavy (non-hydrogen) atoms. The van der Waals surface area contributed by atoms with Crippen molar-refractivity contribution >= 4 is 11.9 Å². The molecular formula is C30H36N4O4. The van der Waals surface area contributed by atoms with Crippen LogP contribution in [0.1, 0.15) is 44.6 Å². The number of carbonyl (C=O) groups excluding carboxylic acids is 1. The zero-order chi connectivity index (χ0) is 26.9. The van der Waals surface area contributed by atoms with Crippen LogP contribution in [0.25, 0.3) is 22.5 Å². The highest BCUT2D eigenvalue weighted by molar-refractivity contribution is 5.85. The van der Waals surface area contributed by atoms with Crippen LogP contribution in [0.4, 0.5) is 0 Å². The van der Waals surface area contributed by atoms with Crippen LogP contribution in [-0.4, -0.2) is 57.6 Å². The number of ether oxygens (including phenoxy) is 1. The second-order valence-corrected chi connectivity index (χ2v) is 9.87. The molecule has 2 aromatic carbocycles. The molecule has 8 heteroatoms. The summed E-state index contributed by atoms with van der Waals surface area (Å²) in [6, 6.07) is 15.0. The summed E-state index contributed by atoms with van der Waals surface area (Å²) in [5.41, 5.74) is 9.83. The molecule has 0 bridgehead atoms. The van der Waals surface area contributed by atoms with Gasteiger partial charge < -0.3 is 20.5 Å². The minimum absolute atomic E-state index is 0.215. The van der Waals surface area contributed by atoms with Gasteiger partial charge in [0.2, 0.25) is 5.91 Å². The number of carboxylic acid groups (broad SMARTS) is 1. The number of benzene rings is 2. The van der Waals surface area contributed by atoms with Crippen LogP contribution in [0.5, 0.6) is 5.75 Å². The largest absolute Gasteiger partial charge is 0.494 e. The van der Waals surface area contributed by atoms with E-state index < -0.39 is 17.9 Å². The van der Waals surface area contributed by atoms with E-state index in [1.807, 2.05) is 60.9 Å². The molecule has 200 valence electrons. The van der Waals surface area contributed by atoms with Crippen molar-refractivity contribution in [3.05, 3.63) is 66.5 Å². The fourth-order valence-corrected chi connectivity index (χ4v) is 4.45. The molecule has 1 aliphatic heterocycles. The van der Waals surface area contributed by atoms with E-state index >= 15 is 0 Å². The average Bonchev–Trinajstić information content (AvgIpc) is 2.90. The molecule has 0 saturated carbocycles. The molecule has 8 nitrogen and oxygen atoms in total. The van der Waals surface area contributed by atoms with Crippen molar-refractivity contribution in [1.82, 2.24) is 14.9 Å². The summed E-state index contributed by atoms with van der Waals surface area (Å²) in [7, 11) is 0. The monoisotopic (exact) mass is 516 g/mol. The Labute approximate surface area is 223 Å². The van der Waals surface area contributed by atoms with Crippen molar-refractivity contribution < 1.29 is 19.4 Å². The maximum Gasteiger partial charge on any atom is 0.310 e. The number of nitrogens with two attached hydrogens (primary N) is 1. The molecule has 0 aliphatic carbocycles. The van der Waals surface area contributed by atoms with Gasteiger partial charge in [-0.15, -0.1) is 0 Å². The first kappa shape index (κ1) is 27.3. The number of hydrogen-bond acceptors (Lipinski definition) is 6. The standard InChI is InChI=1S/C30H36N4O4/c1-2-3-4-5-6-15-38-26-13-11-22(12-14-26)24-17-32-28(33-18-24)23-9-7-21(8-10-23)16-27(31)29(35)34-19-25(20-34)30(36)37/h7-14,17-18,25,27H,2-6,15-16,19-20,31H2,1H3,(H,36,37). The zero-order valence-corrected chi connectivity index (χ0v) is 21.9. The molecule has 1 amide bonds. The minimum Gasteiger partial charge on any atom is -0.494 e. The highest BCUT2D eigenvalue weighted by Crippen LogP contribution is 2.24. The van der Waals surface area contributed by atoms with Crippen molar-refractivity contribution in [3.63, 3.8) is 0 Å². The van der Waals surface area contributed by atoms with Gasteiger partial charge in [0.25, 0.3) is 0 Å². The van der Waals surface area contributed by atoms with E-state index in [0.717, 1.165) is 41.0 Å². The Hall–Kier alpha value is -3.78. The van der Waals surface area contributed by atoms with Crippen molar-refractivity contribution in [2.75, 3.05) is 19.7 Å². The van der Waals surface area contributed by atoms with E-state index in [1.54, 1.807) is 0 Å². The molecule has 3 N–H and O–H groups in total. The molecular weight excluding hydrogens is 480 g/mol. The summed E-state index contributed by atoms with van der Waals surface area (Å²) in [6.45, 7) is 3.42. The fraction of sp³-hybridized carbons (Fsp3) is 0.400. The molecule has 1 aromatic heterocycles. The van der Waals surface area contributed by atoms with Gasteiger partial charge in [-0.05, 0) is 36.1 Å². The number of aliphatic carboxylic acids is 1. The molecule has 0 radical (unpaired) electrons. The van der Waals surface area contributed by atoms with E-state index in [4.69, 9.17) is 15.6 Å². The van der Waals surface area contributed by atoms with Crippen molar-refractivity contribution in [2.45, 2.75) is 51.5 Å². The van der Waals surface area contributed by atoms with E-state index in [2.05, 4.69) is 16.9 Å². The summed E-state index contributed by atoms with van der Waals surface area (Å²) in [5.74, 6) is -0.0889. The van der Waals surface area contributed by atoms with E-state index in [1.165, 1.54) is 30.6 Å². The average molecular weight is 517 g/mol. The third-order valence-corrected chi connectivity index (χ3v) is 6.88. The first-order valence-electron chi connectivity index (χ1n) is 13.4. The van der Waals surface area contributed by atoms with Gasteiger partial charge in [-0.1, -0.05) is 69.0 Å². The number of carboxylic acids is 1. The van der Waals surface area contributed by atoms with Gasteiger partial charge in [-0.25, -0.2) is 9.97 Å². The maximum atomic E-state index is 12.4. The number of carbonyl (C=O) groups is 2. The van der Waals surface area contributed by atoms with Crippen LogP contribution >= 0.6 is 0 Å². The van der Waals surface area contributed by atoms with Gasteiger partial charge in [0.15, 0.2) is 5.82 Å². The molecule has 1 saturated heterocycles. The topological polar surface area (TPSA) is 119 Å². The third kappa shape index (κ3) is 7.16. The fourth-order valence-electron chi connectivity index (χ4n) is 4.45. The lowest BCUT2D eigenvalue weighted by Gasteiger charge is -2.38. The van der Waals surface area contributed by atoms with Crippen molar-refractivity contribution in [1.29, 1.82) is 0 Å². The number of hydrogen-bond donors (Lipinski definition) is 2. The Morgan fingerprint density at radius 1 is 0.947 bits per heavy atom. The predicted octanol–water partition coefficient (Wildman–Crippen LogP) is 4.57.